The number of fused-ring (bicyclic) bond motifs is 1. The minimum Gasteiger partial charge on any atom is -0.497 e. The molecule has 2 aliphatic rings. The number of carbonyl (C=O) groups is 1. The lowest BCUT2D eigenvalue weighted by molar-refractivity contribution is -0.117. The summed E-state index contributed by atoms with van der Waals surface area (Å²) >= 11 is 0. The predicted molar refractivity (Wildman–Crippen MR) is 95.4 cm³/mol. The van der Waals surface area contributed by atoms with Crippen LogP contribution in [0.5, 0.6) is 5.75 Å². The van der Waals surface area contributed by atoms with Crippen molar-refractivity contribution in [1.82, 2.24) is 4.90 Å². The molecule has 1 N–H and O–H groups in total. The lowest BCUT2D eigenvalue weighted by atomic mass is 9.98. The van der Waals surface area contributed by atoms with Gasteiger partial charge in [-0.25, -0.2) is 0 Å². The number of amides is 1. The summed E-state index contributed by atoms with van der Waals surface area (Å²) < 4.78 is 5.24. The average molecular weight is 338 g/mol. The summed E-state index contributed by atoms with van der Waals surface area (Å²) in [5, 5.41) is 10.9. The van der Waals surface area contributed by atoms with Gasteiger partial charge in [-0.1, -0.05) is 30.3 Å². The molecule has 5 nitrogen and oxygen atoms in total. The van der Waals surface area contributed by atoms with Crippen LogP contribution < -0.4 is 9.64 Å². The quantitative estimate of drug-likeness (QED) is 0.932. The van der Waals surface area contributed by atoms with E-state index in [2.05, 4.69) is 23.1 Å². The van der Waals surface area contributed by atoms with Gasteiger partial charge in [0.25, 0.3) is 0 Å². The summed E-state index contributed by atoms with van der Waals surface area (Å²) in [6, 6.07) is 15.5. The Morgan fingerprint density at radius 1 is 1.12 bits per heavy atom. The molecule has 1 fully saturated rings. The van der Waals surface area contributed by atoms with Crippen molar-refractivity contribution >= 4 is 11.6 Å². The van der Waals surface area contributed by atoms with Crippen molar-refractivity contribution in [2.45, 2.75) is 31.7 Å². The van der Waals surface area contributed by atoms with Gasteiger partial charge in [0.1, 0.15) is 12.0 Å². The molecule has 2 unspecified atom stereocenters. The Bertz CT molecular complexity index is 792. The van der Waals surface area contributed by atoms with Gasteiger partial charge in [-0.2, -0.15) is 0 Å². The number of rotatable bonds is 3. The molecule has 2 aromatic rings. The molecule has 0 spiro atoms. The highest BCUT2D eigenvalue weighted by atomic mass is 16.5. The Hall–Kier alpha value is -2.37. The highest BCUT2D eigenvalue weighted by Crippen LogP contribution is 2.32. The first-order chi connectivity index (χ1) is 12.2. The van der Waals surface area contributed by atoms with E-state index in [0.29, 0.717) is 17.9 Å². The summed E-state index contributed by atoms with van der Waals surface area (Å²) in [6.45, 7) is 1.63. The van der Waals surface area contributed by atoms with Crippen molar-refractivity contribution < 1.29 is 14.6 Å². The Kier molecular flexibility index (Phi) is 4.19. The van der Waals surface area contributed by atoms with E-state index in [4.69, 9.17) is 4.74 Å². The first kappa shape index (κ1) is 16.1. The topological polar surface area (TPSA) is 53.0 Å². The van der Waals surface area contributed by atoms with Crippen LogP contribution in [-0.4, -0.2) is 41.8 Å². The second-order valence-electron chi connectivity index (χ2n) is 6.64. The molecule has 0 aromatic heterocycles. The number of methoxy groups -OCH3 is 1. The maximum absolute atomic E-state index is 12.6. The second kappa shape index (κ2) is 6.50. The molecule has 2 atom stereocenters. The lowest BCUT2D eigenvalue weighted by Gasteiger charge is -2.35. The van der Waals surface area contributed by atoms with Gasteiger partial charge in [0.15, 0.2) is 0 Å². The highest BCUT2D eigenvalue weighted by molar-refractivity contribution is 5.97. The van der Waals surface area contributed by atoms with Crippen LogP contribution in [-0.2, 0) is 17.8 Å². The molecule has 4 rings (SSSR count). The summed E-state index contributed by atoms with van der Waals surface area (Å²) in [6.07, 6.45) is 0.442. The van der Waals surface area contributed by atoms with Gasteiger partial charge in [-0.3, -0.25) is 14.6 Å². The van der Waals surface area contributed by atoms with Gasteiger partial charge >= 0.3 is 0 Å². The van der Waals surface area contributed by atoms with Gasteiger partial charge in [0.05, 0.1) is 18.8 Å². The number of anilines is 1. The smallest absolute Gasteiger partial charge is 0.230 e. The summed E-state index contributed by atoms with van der Waals surface area (Å²) in [5.41, 5.74) is 3.33. The fourth-order valence-electron chi connectivity index (χ4n) is 3.88. The predicted octanol–water partition coefficient (Wildman–Crippen LogP) is 2.18. The van der Waals surface area contributed by atoms with Crippen molar-refractivity contribution in [2.75, 3.05) is 18.6 Å². The molecule has 1 amide bonds. The minimum atomic E-state index is -0.843. The van der Waals surface area contributed by atoms with Crippen LogP contribution in [0.3, 0.4) is 0 Å². The first-order valence-electron chi connectivity index (χ1n) is 8.62. The number of aliphatic hydroxyl groups is 1. The molecule has 130 valence electrons. The van der Waals surface area contributed by atoms with Crippen molar-refractivity contribution in [3.05, 3.63) is 59.7 Å². The third kappa shape index (κ3) is 2.90. The van der Waals surface area contributed by atoms with Crippen LogP contribution in [0, 0.1) is 0 Å². The summed E-state index contributed by atoms with van der Waals surface area (Å²) in [7, 11) is 1.59. The molecule has 5 heteroatoms. The van der Waals surface area contributed by atoms with Crippen LogP contribution in [0.25, 0.3) is 0 Å². The highest BCUT2D eigenvalue weighted by Gasteiger charge is 2.43. The molecule has 2 heterocycles. The van der Waals surface area contributed by atoms with Crippen molar-refractivity contribution in [2.24, 2.45) is 0 Å². The number of ether oxygens (including phenoxy) is 1. The Morgan fingerprint density at radius 3 is 2.72 bits per heavy atom. The third-order valence-electron chi connectivity index (χ3n) is 5.22. The monoisotopic (exact) mass is 338 g/mol. The number of benzene rings is 2. The molecule has 0 radical (unpaired) electrons. The Morgan fingerprint density at radius 2 is 1.92 bits per heavy atom. The first-order valence-corrected chi connectivity index (χ1v) is 8.62. The number of carbonyl (C=O) groups excluding carboxylic acids is 1. The normalized spacial score (nSPS) is 23.6. The number of aliphatic hydroxyl groups excluding tert-OH is 1. The van der Waals surface area contributed by atoms with E-state index < -0.39 is 6.23 Å². The summed E-state index contributed by atoms with van der Waals surface area (Å²) in [5.74, 6) is 0.623. The zero-order valence-corrected chi connectivity index (χ0v) is 14.3. The van der Waals surface area contributed by atoms with E-state index in [1.165, 1.54) is 16.0 Å². The van der Waals surface area contributed by atoms with Gasteiger partial charge in [-0.05, 0) is 29.7 Å². The molecule has 0 bridgehead atoms. The lowest BCUT2D eigenvalue weighted by Crippen LogP contribution is -2.47. The number of hydrogen-bond donors (Lipinski definition) is 1. The van der Waals surface area contributed by atoms with Gasteiger partial charge in [0, 0.05) is 25.6 Å². The molecule has 0 aliphatic carbocycles. The van der Waals surface area contributed by atoms with Crippen molar-refractivity contribution in [3.63, 3.8) is 0 Å². The average Bonchev–Trinajstić information content (AvgIpc) is 2.95. The fraction of sp³-hybridized carbons (Fsp3) is 0.350. The number of nitrogens with zero attached hydrogens (tertiary/aromatic N) is 2. The standard InChI is InChI=1S/C20H22N2O3/c1-25-17-8-4-7-16(11-17)22-19(23)12-18(20(22)24)21-10-9-14-5-2-3-6-15(14)13-21/h2-8,11,18,20,24H,9-10,12-13H2,1H3. The van der Waals surface area contributed by atoms with Crippen LogP contribution in [0.4, 0.5) is 5.69 Å². The van der Waals surface area contributed by atoms with Gasteiger partial charge in [-0.15, -0.1) is 0 Å². The number of hydrogen-bond acceptors (Lipinski definition) is 4. The maximum atomic E-state index is 12.6. The SMILES string of the molecule is COc1cccc(N2C(=O)CC(N3CCc4ccccc4C3)C2O)c1. The molecule has 2 aliphatic heterocycles. The maximum Gasteiger partial charge on any atom is 0.230 e. The Balaban J connectivity index is 1.56. The van der Waals surface area contributed by atoms with E-state index in [0.717, 1.165) is 19.5 Å². The van der Waals surface area contributed by atoms with Crippen LogP contribution in [0.15, 0.2) is 48.5 Å². The van der Waals surface area contributed by atoms with Crippen molar-refractivity contribution in [1.29, 1.82) is 0 Å². The van der Waals surface area contributed by atoms with Crippen LogP contribution in [0.2, 0.25) is 0 Å². The van der Waals surface area contributed by atoms with Crippen LogP contribution in [0.1, 0.15) is 17.5 Å². The zero-order valence-electron chi connectivity index (χ0n) is 14.3. The summed E-state index contributed by atoms with van der Waals surface area (Å²) in [4.78, 5) is 16.3. The van der Waals surface area contributed by atoms with Crippen LogP contribution >= 0.6 is 0 Å². The largest absolute Gasteiger partial charge is 0.497 e. The molecule has 25 heavy (non-hydrogen) atoms. The van der Waals surface area contributed by atoms with Gasteiger partial charge in [0.2, 0.25) is 5.91 Å². The molecular weight excluding hydrogens is 316 g/mol. The van der Waals surface area contributed by atoms with E-state index >= 15 is 0 Å². The van der Waals surface area contributed by atoms with Gasteiger partial charge < -0.3 is 9.84 Å². The molecule has 1 saturated heterocycles. The third-order valence-corrected chi connectivity index (χ3v) is 5.22. The van der Waals surface area contributed by atoms with E-state index in [9.17, 15) is 9.90 Å². The van der Waals surface area contributed by atoms with Crippen molar-refractivity contribution in [3.8, 4) is 5.75 Å². The molecular formula is C20H22N2O3. The van der Waals surface area contributed by atoms with E-state index in [-0.39, 0.29) is 11.9 Å². The second-order valence-corrected chi connectivity index (χ2v) is 6.64. The molecule has 0 saturated carbocycles. The molecule has 2 aromatic carbocycles. The minimum absolute atomic E-state index is 0.0513. The zero-order chi connectivity index (χ0) is 17.4. The van der Waals surface area contributed by atoms with E-state index in [1.807, 2.05) is 24.3 Å². The Labute approximate surface area is 147 Å². The fourth-order valence-corrected chi connectivity index (χ4v) is 3.88. The van der Waals surface area contributed by atoms with E-state index in [1.54, 1.807) is 13.2 Å².